The molecule has 5 nitrogen and oxygen atoms in total. The number of rotatable bonds is 6. The Hall–Kier alpha value is -3.09. The van der Waals surface area contributed by atoms with E-state index in [-0.39, 0.29) is 17.7 Å². The molecule has 7 heteroatoms. The number of furan rings is 1. The Kier molecular flexibility index (Phi) is 6.20. The van der Waals surface area contributed by atoms with Gasteiger partial charge in [0.25, 0.3) is 5.91 Å². The van der Waals surface area contributed by atoms with Crippen LogP contribution in [0.4, 0.5) is 10.8 Å². The van der Waals surface area contributed by atoms with Crippen LogP contribution >= 0.6 is 22.9 Å². The number of thiophene rings is 1. The van der Waals surface area contributed by atoms with E-state index in [2.05, 4.69) is 15.6 Å². The molecule has 33 heavy (non-hydrogen) atoms. The molecular formula is C26H24ClN3O2S. The van der Waals surface area contributed by atoms with Gasteiger partial charge >= 0.3 is 0 Å². The van der Waals surface area contributed by atoms with Crippen LogP contribution in [0.2, 0.25) is 5.02 Å². The average Bonchev–Trinajstić information content (AvgIpc) is 3.46. The van der Waals surface area contributed by atoms with Gasteiger partial charge in [-0.3, -0.25) is 4.79 Å². The van der Waals surface area contributed by atoms with Crippen molar-refractivity contribution in [1.29, 1.82) is 0 Å². The van der Waals surface area contributed by atoms with Gasteiger partial charge in [0, 0.05) is 21.7 Å². The van der Waals surface area contributed by atoms with E-state index >= 15 is 0 Å². The molecule has 1 amide bonds. The van der Waals surface area contributed by atoms with Gasteiger partial charge in [-0.15, -0.1) is 11.3 Å². The number of nitrogens with one attached hydrogen (secondary N) is 2. The summed E-state index contributed by atoms with van der Waals surface area (Å²) < 4.78 is 5.33. The molecule has 3 aromatic heterocycles. The Morgan fingerprint density at radius 2 is 2.00 bits per heavy atom. The lowest BCUT2D eigenvalue weighted by Crippen LogP contribution is -2.19. The normalized spacial score (nSPS) is 13.9. The first-order valence-corrected chi connectivity index (χ1v) is 12.2. The number of hydrogen-bond acceptors (Lipinski definition) is 5. The van der Waals surface area contributed by atoms with Gasteiger partial charge in [-0.1, -0.05) is 29.8 Å². The molecule has 1 atom stereocenters. The molecule has 5 rings (SSSR count). The number of carbonyl (C=O) groups excluding carboxylic acids is 1. The second-order valence-corrected chi connectivity index (χ2v) is 9.71. The smallest absolute Gasteiger partial charge is 0.291 e. The van der Waals surface area contributed by atoms with E-state index < -0.39 is 0 Å². The van der Waals surface area contributed by atoms with E-state index in [4.69, 9.17) is 16.0 Å². The molecule has 0 radical (unpaired) electrons. The van der Waals surface area contributed by atoms with Crippen molar-refractivity contribution >= 4 is 39.7 Å². The zero-order valence-electron chi connectivity index (χ0n) is 18.2. The Balaban J connectivity index is 1.63. The molecule has 0 aliphatic heterocycles. The molecule has 4 aromatic rings. The summed E-state index contributed by atoms with van der Waals surface area (Å²) in [5.41, 5.74) is 4.42. The number of aromatic nitrogens is 1. The second kappa shape index (κ2) is 9.41. The molecule has 1 aromatic carbocycles. The van der Waals surface area contributed by atoms with Crippen molar-refractivity contribution in [3.63, 3.8) is 0 Å². The molecule has 0 spiro atoms. The van der Waals surface area contributed by atoms with Gasteiger partial charge in [0.2, 0.25) is 0 Å². The first-order chi connectivity index (χ1) is 16.1. The van der Waals surface area contributed by atoms with Crippen LogP contribution < -0.4 is 10.6 Å². The van der Waals surface area contributed by atoms with Crippen LogP contribution in [0.3, 0.4) is 0 Å². The number of fused-ring (bicyclic) bond motifs is 1. The summed E-state index contributed by atoms with van der Waals surface area (Å²) in [5.74, 6) is 0.792. The summed E-state index contributed by atoms with van der Waals surface area (Å²) in [6, 6.07) is 14.9. The lowest BCUT2D eigenvalue weighted by Gasteiger charge is -2.25. The lowest BCUT2D eigenvalue weighted by atomic mass is 9.89. The summed E-state index contributed by atoms with van der Waals surface area (Å²) in [6.07, 6.45) is 7.57. The fraction of sp³-hybridized carbons (Fsp3) is 0.231. The number of carbonyl (C=O) groups is 1. The van der Waals surface area contributed by atoms with E-state index in [1.54, 1.807) is 29.7 Å². The van der Waals surface area contributed by atoms with Crippen molar-refractivity contribution in [3.05, 3.63) is 98.9 Å². The predicted octanol–water partition coefficient (Wildman–Crippen LogP) is 7.03. The molecule has 3 heterocycles. The van der Waals surface area contributed by atoms with Gasteiger partial charge in [0.05, 0.1) is 12.3 Å². The fourth-order valence-electron chi connectivity index (χ4n) is 4.34. The van der Waals surface area contributed by atoms with Crippen LogP contribution in [-0.2, 0) is 12.8 Å². The highest BCUT2D eigenvalue weighted by molar-refractivity contribution is 7.16. The first-order valence-electron chi connectivity index (χ1n) is 11.0. The summed E-state index contributed by atoms with van der Waals surface area (Å²) in [6.45, 7) is 2.04. The molecule has 2 N–H and O–H groups in total. The van der Waals surface area contributed by atoms with Crippen LogP contribution in [0.1, 0.15) is 56.6 Å². The van der Waals surface area contributed by atoms with E-state index in [0.717, 1.165) is 53.2 Å². The Morgan fingerprint density at radius 3 is 2.79 bits per heavy atom. The third kappa shape index (κ3) is 4.54. The highest BCUT2D eigenvalue weighted by Gasteiger charge is 2.30. The zero-order chi connectivity index (χ0) is 22.8. The van der Waals surface area contributed by atoms with E-state index in [9.17, 15) is 4.79 Å². The number of anilines is 2. The van der Waals surface area contributed by atoms with Crippen molar-refractivity contribution in [2.24, 2.45) is 0 Å². The lowest BCUT2D eigenvalue weighted by molar-refractivity contribution is 0.0997. The first kappa shape index (κ1) is 21.7. The minimum atomic E-state index is -0.266. The topological polar surface area (TPSA) is 67.2 Å². The van der Waals surface area contributed by atoms with Crippen LogP contribution in [0.25, 0.3) is 0 Å². The molecular weight excluding hydrogens is 454 g/mol. The number of hydrogen-bond donors (Lipinski definition) is 2. The third-order valence-corrected chi connectivity index (χ3v) is 7.46. The molecule has 0 fully saturated rings. The van der Waals surface area contributed by atoms with Gasteiger partial charge in [0.15, 0.2) is 5.76 Å². The minimum Gasteiger partial charge on any atom is -0.459 e. The molecule has 0 saturated heterocycles. The molecule has 1 unspecified atom stereocenters. The predicted molar refractivity (Wildman–Crippen MR) is 134 cm³/mol. The molecule has 0 bridgehead atoms. The molecule has 1 aliphatic carbocycles. The summed E-state index contributed by atoms with van der Waals surface area (Å²) >= 11 is 8.35. The van der Waals surface area contributed by atoms with Gasteiger partial charge in [-0.2, -0.15) is 0 Å². The van der Waals surface area contributed by atoms with Gasteiger partial charge in [0.1, 0.15) is 10.8 Å². The second-order valence-electron chi connectivity index (χ2n) is 8.20. The van der Waals surface area contributed by atoms with Gasteiger partial charge < -0.3 is 15.1 Å². The zero-order valence-corrected chi connectivity index (χ0v) is 19.8. The number of benzene rings is 1. The number of halogens is 1. The average molecular weight is 478 g/mol. The molecule has 1 aliphatic rings. The molecule has 168 valence electrons. The van der Waals surface area contributed by atoms with Crippen molar-refractivity contribution < 1.29 is 9.21 Å². The van der Waals surface area contributed by atoms with Crippen LogP contribution in [0, 0.1) is 6.92 Å². The van der Waals surface area contributed by atoms with Crippen LogP contribution in [-0.4, -0.2) is 10.9 Å². The van der Waals surface area contributed by atoms with Crippen molar-refractivity contribution in [1.82, 2.24) is 4.98 Å². The maximum Gasteiger partial charge on any atom is 0.291 e. The Labute approximate surface area is 201 Å². The highest BCUT2D eigenvalue weighted by atomic mass is 35.5. The fourth-order valence-corrected chi connectivity index (χ4v) is 5.91. The van der Waals surface area contributed by atoms with E-state index in [0.29, 0.717) is 5.02 Å². The molecule has 0 saturated carbocycles. The number of nitrogens with zero attached hydrogens (tertiary/aromatic N) is 1. The summed E-state index contributed by atoms with van der Waals surface area (Å²) in [5, 5.41) is 8.23. The maximum atomic E-state index is 12.9. The summed E-state index contributed by atoms with van der Waals surface area (Å²) in [4.78, 5) is 18.8. The van der Waals surface area contributed by atoms with E-state index in [1.165, 1.54) is 16.7 Å². The number of pyridine rings is 1. The largest absolute Gasteiger partial charge is 0.459 e. The van der Waals surface area contributed by atoms with Crippen molar-refractivity contribution in [2.75, 3.05) is 10.6 Å². The minimum absolute atomic E-state index is 0.258. The Bertz CT molecular complexity index is 1280. The van der Waals surface area contributed by atoms with Gasteiger partial charge in [-0.25, -0.2) is 4.98 Å². The van der Waals surface area contributed by atoms with Crippen LogP contribution in [0.15, 0.2) is 65.4 Å². The number of aryl methyl sites for hydroxylation is 2. The monoisotopic (exact) mass is 477 g/mol. The quantitative estimate of drug-likeness (QED) is 0.313. The maximum absolute atomic E-state index is 12.9. The van der Waals surface area contributed by atoms with Crippen molar-refractivity contribution in [3.8, 4) is 0 Å². The third-order valence-electron chi connectivity index (χ3n) is 5.90. The highest BCUT2D eigenvalue weighted by Crippen LogP contribution is 2.45. The van der Waals surface area contributed by atoms with E-state index in [1.807, 2.05) is 43.3 Å². The standard InChI is InChI=1S/C26H24ClN3O2S/c1-16-12-13-28-22(15-16)29-24(17-7-2-4-9-19(17)27)23-18-8-3-5-11-21(18)33-26(23)30-25(31)20-10-6-14-32-20/h2,4,6-7,9-10,12-15,24H,3,5,8,11H2,1H3,(H,28,29)(H,30,31). The SMILES string of the molecule is Cc1ccnc(NC(c2ccccc2Cl)c2c(NC(=O)c3ccco3)sc3c2CCCC3)c1. The number of amides is 1. The van der Waals surface area contributed by atoms with Gasteiger partial charge in [-0.05, 0) is 79.6 Å². The van der Waals surface area contributed by atoms with Crippen molar-refractivity contribution in [2.45, 2.75) is 38.6 Å². The summed E-state index contributed by atoms with van der Waals surface area (Å²) in [7, 11) is 0. The Morgan fingerprint density at radius 1 is 1.15 bits per heavy atom. The van der Waals surface area contributed by atoms with Crippen LogP contribution in [0.5, 0.6) is 0 Å².